The number of hydrogen-bond donors (Lipinski definition) is 1. The van der Waals surface area contributed by atoms with Gasteiger partial charge in [-0.25, -0.2) is 0 Å². The van der Waals surface area contributed by atoms with Crippen molar-refractivity contribution in [3.05, 3.63) is 0 Å². The van der Waals surface area contributed by atoms with Crippen LogP contribution in [0.15, 0.2) is 0 Å². The first-order chi connectivity index (χ1) is 8.70. The van der Waals surface area contributed by atoms with Crippen LogP contribution in [0.2, 0.25) is 0 Å². The SMILES string of the molecule is CNCCC1CN(C2CCCC2)CC(C)CN1C. The third-order valence-electron chi connectivity index (χ3n) is 4.78. The second kappa shape index (κ2) is 6.88. The zero-order chi connectivity index (χ0) is 13.0. The van der Waals surface area contributed by atoms with Gasteiger partial charge >= 0.3 is 0 Å². The molecule has 3 nitrogen and oxygen atoms in total. The fraction of sp³-hybridized carbons (Fsp3) is 1.00. The van der Waals surface area contributed by atoms with Crippen LogP contribution in [-0.2, 0) is 0 Å². The lowest BCUT2D eigenvalue weighted by Gasteiger charge is -2.32. The molecule has 1 heterocycles. The van der Waals surface area contributed by atoms with Gasteiger partial charge in [0.2, 0.25) is 0 Å². The van der Waals surface area contributed by atoms with E-state index in [1.54, 1.807) is 0 Å². The maximum absolute atomic E-state index is 3.31. The molecule has 2 aliphatic rings. The fourth-order valence-electron chi connectivity index (χ4n) is 3.77. The lowest BCUT2D eigenvalue weighted by atomic mass is 10.1. The van der Waals surface area contributed by atoms with Gasteiger partial charge in [0, 0.05) is 31.7 Å². The summed E-state index contributed by atoms with van der Waals surface area (Å²) < 4.78 is 0. The van der Waals surface area contributed by atoms with E-state index in [1.165, 1.54) is 51.7 Å². The highest BCUT2D eigenvalue weighted by molar-refractivity contribution is 4.86. The Hall–Kier alpha value is -0.120. The third-order valence-corrected chi connectivity index (χ3v) is 4.78. The number of nitrogens with zero attached hydrogens (tertiary/aromatic N) is 2. The highest BCUT2D eigenvalue weighted by Crippen LogP contribution is 2.26. The first-order valence-electron chi connectivity index (χ1n) is 7.79. The molecule has 0 amide bonds. The Kier molecular flexibility index (Phi) is 5.46. The minimum absolute atomic E-state index is 0.739. The van der Waals surface area contributed by atoms with Crippen molar-refractivity contribution in [1.29, 1.82) is 0 Å². The maximum atomic E-state index is 3.31. The first kappa shape index (κ1) is 14.3. The van der Waals surface area contributed by atoms with Gasteiger partial charge in [-0.2, -0.15) is 0 Å². The molecular formula is C15H31N3. The van der Waals surface area contributed by atoms with Gasteiger partial charge < -0.3 is 10.2 Å². The van der Waals surface area contributed by atoms with Crippen molar-refractivity contribution in [1.82, 2.24) is 15.1 Å². The van der Waals surface area contributed by atoms with Crippen LogP contribution in [0.5, 0.6) is 0 Å². The molecule has 2 atom stereocenters. The van der Waals surface area contributed by atoms with Gasteiger partial charge in [0.25, 0.3) is 0 Å². The lowest BCUT2D eigenvalue weighted by molar-refractivity contribution is 0.159. The summed E-state index contributed by atoms with van der Waals surface area (Å²) in [6.45, 7) is 7.41. The third kappa shape index (κ3) is 3.69. The van der Waals surface area contributed by atoms with Crippen molar-refractivity contribution in [2.24, 2.45) is 5.92 Å². The van der Waals surface area contributed by atoms with E-state index in [4.69, 9.17) is 0 Å². The average molecular weight is 253 g/mol. The predicted molar refractivity (Wildman–Crippen MR) is 78.0 cm³/mol. The molecule has 18 heavy (non-hydrogen) atoms. The highest BCUT2D eigenvalue weighted by Gasteiger charge is 2.30. The van der Waals surface area contributed by atoms with E-state index in [2.05, 4.69) is 36.1 Å². The summed E-state index contributed by atoms with van der Waals surface area (Å²) in [4.78, 5) is 5.40. The Balaban J connectivity index is 1.96. The molecule has 0 spiro atoms. The number of rotatable bonds is 4. The van der Waals surface area contributed by atoms with E-state index in [1.807, 2.05) is 0 Å². The standard InChI is InChI=1S/C15H31N3/c1-13-10-17(3)15(8-9-16-2)12-18(11-13)14-6-4-5-7-14/h13-16H,4-12H2,1-3H3. The quantitative estimate of drug-likeness (QED) is 0.824. The van der Waals surface area contributed by atoms with Gasteiger partial charge in [-0.1, -0.05) is 19.8 Å². The molecule has 0 aromatic heterocycles. The fourth-order valence-corrected chi connectivity index (χ4v) is 3.77. The molecule has 1 saturated heterocycles. The van der Waals surface area contributed by atoms with Crippen LogP contribution in [-0.4, -0.2) is 62.2 Å². The highest BCUT2D eigenvalue weighted by atomic mass is 15.3. The van der Waals surface area contributed by atoms with Gasteiger partial charge in [-0.05, 0) is 45.8 Å². The topological polar surface area (TPSA) is 18.5 Å². The summed E-state index contributed by atoms with van der Waals surface area (Å²) in [6, 6.07) is 1.62. The van der Waals surface area contributed by atoms with E-state index >= 15 is 0 Å². The van der Waals surface area contributed by atoms with Crippen LogP contribution in [0, 0.1) is 5.92 Å². The molecule has 1 N–H and O–H groups in total. The average Bonchev–Trinajstić information content (AvgIpc) is 2.81. The summed E-state index contributed by atoms with van der Waals surface area (Å²) in [6.07, 6.45) is 7.06. The lowest BCUT2D eigenvalue weighted by Crippen LogP contribution is -2.43. The largest absolute Gasteiger partial charge is 0.320 e. The van der Waals surface area contributed by atoms with Crippen molar-refractivity contribution in [2.45, 2.75) is 51.1 Å². The van der Waals surface area contributed by atoms with Crippen LogP contribution in [0.4, 0.5) is 0 Å². The van der Waals surface area contributed by atoms with E-state index in [9.17, 15) is 0 Å². The zero-order valence-electron chi connectivity index (χ0n) is 12.5. The normalized spacial score (nSPS) is 32.8. The molecule has 106 valence electrons. The predicted octanol–water partition coefficient (Wildman–Crippen LogP) is 1.79. The molecule has 1 aliphatic heterocycles. The van der Waals surface area contributed by atoms with Crippen LogP contribution in [0.25, 0.3) is 0 Å². The van der Waals surface area contributed by atoms with Crippen molar-refractivity contribution in [3.63, 3.8) is 0 Å². The van der Waals surface area contributed by atoms with Gasteiger partial charge in [0.05, 0.1) is 0 Å². The minimum atomic E-state index is 0.739. The molecular weight excluding hydrogens is 222 g/mol. The first-order valence-corrected chi connectivity index (χ1v) is 7.79. The minimum Gasteiger partial charge on any atom is -0.320 e. The van der Waals surface area contributed by atoms with E-state index in [-0.39, 0.29) is 0 Å². The summed E-state index contributed by atoms with van der Waals surface area (Å²) in [5, 5.41) is 3.31. The van der Waals surface area contributed by atoms with Gasteiger partial charge in [-0.15, -0.1) is 0 Å². The Morgan fingerprint density at radius 1 is 1.11 bits per heavy atom. The molecule has 2 unspecified atom stereocenters. The van der Waals surface area contributed by atoms with Gasteiger partial charge in [-0.3, -0.25) is 4.90 Å². The Morgan fingerprint density at radius 2 is 1.83 bits per heavy atom. The molecule has 0 radical (unpaired) electrons. The molecule has 0 aromatic rings. The smallest absolute Gasteiger partial charge is 0.0232 e. The van der Waals surface area contributed by atoms with Gasteiger partial charge in [0.15, 0.2) is 0 Å². The zero-order valence-corrected chi connectivity index (χ0v) is 12.5. The second-order valence-corrected chi connectivity index (χ2v) is 6.48. The Bertz CT molecular complexity index is 238. The van der Waals surface area contributed by atoms with Crippen LogP contribution in [0.3, 0.4) is 0 Å². The number of likely N-dealkylation sites (N-methyl/N-ethyl adjacent to an activating group) is 1. The maximum Gasteiger partial charge on any atom is 0.0232 e. The molecule has 1 aliphatic carbocycles. The second-order valence-electron chi connectivity index (χ2n) is 6.48. The van der Waals surface area contributed by atoms with Crippen molar-refractivity contribution in [2.75, 3.05) is 40.3 Å². The summed E-state index contributed by atoms with van der Waals surface area (Å²) in [5.74, 6) is 0.815. The van der Waals surface area contributed by atoms with Crippen molar-refractivity contribution >= 4 is 0 Å². The van der Waals surface area contributed by atoms with E-state index in [0.29, 0.717) is 0 Å². The van der Waals surface area contributed by atoms with E-state index < -0.39 is 0 Å². The molecule has 2 rings (SSSR count). The summed E-state index contributed by atoms with van der Waals surface area (Å²) in [7, 11) is 4.38. The molecule has 2 fully saturated rings. The van der Waals surface area contributed by atoms with Crippen molar-refractivity contribution < 1.29 is 0 Å². The molecule has 1 saturated carbocycles. The molecule has 0 aromatic carbocycles. The van der Waals surface area contributed by atoms with Crippen LogP contribution >= 0.6 is 0 Å². The summed E-state index contributed by atoms with van der Waals surface area (Å²) >= 11 is 0. The number of nitrogens with one attached hydrogen (secondary N) is 1. The van der Waals surface area contributed by atoms with Crippen molar-refractivity contribution in [3.8, 4) is 0 Å². The Labute approximate surface area is 113 Å². The number of hydrogen-bond acceptors (Lipinski definition) is 3. The van der Waals surface area contributed by atoms with Crippen LogP contribution in [0.1, 0.15) is 39.0 Å². The summed E-state index contributed by atoms with van der Waals surface area (Å²) in [5.41, 5.74) is 0. The Morgan fingerprint density at radius 3 is 2.50 bits per heavy atom. The molecule has 0 bridgehead atoms. The monoisotopic (exact) mass is 253 g/mol. The van der Waals surface area contributed by atoms with Crippen LogP contribution < -0.4 is 5.32 Å². The van der Waals surface area contributed by atoms with Gasteiger partial charge in [0.1, 0.15) is 0 Å². The molecule has 3 heteroatoms. The van der Waals surface area contributed by atoms with E-state index in [0.717, 1.165) is 24.5 Å².